The first-order chi connectivity index (χ1) is 25.8. The number of hydrogen-bond donors (Lipinski definition) is 1. The lowest BCUT2D eigenvalue weighted by Gasteiger charge is -2.31. The number of esters is 1. The number of sulfonamides is 2. The molecule has 3 aliphatic heterocycles. The molecule has 5 rings (SSSR count). The Balaban J connectivity index is 1.39. The van der Waals surface area contributed by atoms with E-state index in [4.69, 9.17) is 4.74 Å². The number of likely N-dealkylation sites (N-methyl/N-ethyl adjacent to an activating group) is 2. The van der Waals surface area contributed by atoms with Gasteiger partial charge in [0.15, 0.2) is 0 Å². The second kappa shape index (κ2) is 19.1. The van der Waals surface area contributed by atoms with Crippen LogP contribution in [0.15, 0.2) is 81.6 Å². The highest BCUT2D eigenvalue weighted by molar-refractivity contribution is 7.89. The molecule has 13 heteroatoms. The molecule has 3 unspecified atom stereocenters. The SMILES string of the molecule is CC/C(=C\c1cccc(S(=O)(=O)N2CCN(C)CC2)c1)C1C=CCC(/C(=C/c2cccc(S(=O)(=O)N3CCN(C)CC3)c2)CC)CCC(O)CC(=O)OC1. The van der Waals surface area contributed by atoms with Crippen molar-refractivity contribution in [3.8, 4) is 0 Å². The van der Waals surface area contributed by atoms with Gasteiger partial charge in [-0.15, -0.1) is 0 Å². The summed E-state index contributed by atoms with van der Waals surface area (Å²) in [4.78, 5) is 17.6. The summed E-state index contributed by atoms with van der Waals surface area (Å²) < 4.78 is 62.8. The summed E-state index contributed by atoms with van der Waals surface area (Å²) in [6.07, 6.45) is 10.5. The zero-order valence-corrected chi connectivity index (χ0v) is 33.9. The van der Waals surface area contributed by atoms with Gasteiger partial charge in [0, 0.05) is 58.3 Å². The van der Waals surface area contributed by atoms with Gasteiger partial charge in [-0.3, -0.25) is 4.79 Å². The van der Waals surface area contributed by atoms with Gasteiger partial charge in [-0.2, -0.15) is 8.61 Å². The number of cyclic esters (lactones) is 1. The fourth-order valence-corrected chi connectivity index (χ4v) is 10.3. The molecule has 0 amide bonds. The maximum absolute atomic E-state index is 13.5. The van der Waals surface area contributed by atoms with Crippen molar-refractivity contribution < 1.29 is 31.5 Å². The zero-order valence-electron chi connectivity index (χ0n) is 32.3. The van der Waals surface area contributed by atoms with Crippen LogP contribution >= 0.6 is 0 Å². The maximum atomic E-state index is 13.5. The number of allylic oxidation sites excluding steroid dienone is 2. The molecule has 0 bridgehead atoms. The largest absolute Gasteiger partial charge is 0.465 e. The van der Waals surface area contributed by atoms with E-state index in [1.807, 2.05) is 39.2 Å². The summed E-state index contributed by atoms with van der Waals surface area (Å²) in [5, 5.41) is 10.8. The number of carbonyl (C=O) groups excluding carboxylic acids is 1. The molecular weight excluding hydrogens is 725 g/mol. The normalized spacial score (nSPS) is 24.5. The fourth-order valence-electron chi connectivity index (χ4n) is 7.37. The number of rotatable bonds is 10. The lowest BCUT2D eigenvalue weighted by atomic mass is 9.85. The molecule has 3 aliphatic rings. The first-order valence-corrected chi connectivity index (χ1v) is 22.2. The lowest BCUT2D eigenvalue weighted by Crippen LogP contribution is -2.47. The van der Waals surface area contributed by atoms with Gasteiger partial charge < -0.3 is 19.6 Å². The van der Waals surface area contributed by atoms with Crippen LogP contribution in [0.4, 0.5) is 0 Å². The Kier molecular flexibility index (Phi) is 14.9. The molecule has 0 radical (unpaired) electrons. The number of aliphatic hydroxyl groups excluding tert-OH is 1. The van der Waals surface area contributed by atoms with Crippen LogP contribution in [0.1, 0.15) is 63.5 Å². The molecule has 3 heterocycles. The van der Waals surface area contributed by atoms with Crippen molar-refractivity contribution in [1.82, 2.24) is 18.4 Å². The second-order valence-electron chi connectivity index (χ2n) is 14.8. The Morgan fingerprint density at radius 3 is 1.76 bits per heavy atom. The minimum atomic E-state index is -3.64. The predicted octanol–water partition coefficient (Wildman–Crippen LogP) is 5.11. The molecule has 0 spiro atoms. The number of aliphatic hydroxyl groups is 1. The molecule has 11 nitrogen and oxygen atoms in total. The number of carbonyl (C=O) groups is 1. The third-order valence-corrected chi connectivity index (χ3v) is 14.7. The first kappa shape index (κ1) is 42.0. The van der Waals surface area contributed by atoms with Crippen LogP contribution in [0.3, 0.4) is 0 Å². The summed E-state index contributed by atoms with van der Waals surface area (Å²) in [6.45, 7) is 8.83. The van der Waals surface area contributed by atoms with E-state index in [1.54, 1.807) is 45.0 Å². The highest BCUT2D eigenvalue weighted by atomic mass is 32.2. The molecule has 0 aromatic heterocycles. The predicted molar refractivity (Wildman–Crippen MR) is 213 cm³/mol. The standard InChI is InChI=1S/C41H58N4O7S2/c1-5-34(26-32-10-7-14-39(28-32)53(48,49)44-22-18-42(3)19-23-44)36-12-9-13-37(31-52-41(47)30-38(46)17-16-36)35(6-2)27-33-11-8-15-40(29-33)54(50,51)45-24-20-43(4)21-25-45/h7-11,13-15,26-29,36-38,46H,5-6,12,16-25,30-31H2,1-4H3/b13-9?,34-26+,35-27+. The quantitative estimate of drug-likeness (QED) is 0.259. The molecule has 1 N–H and O–H groups in total. The number of hydrogen-bond acceptors (Lipinski definition) is 9. The van der Waals surface area contributed by atoms with Crippen molar-refractivity contribution in [2.45, 2.75) is 68.3 Å². The smallest absolute Gasteiger partial charge is 0.308 e. The number of nitrogens with zero attached hydrogens (tertiary/aromatic N) is 4. The fraction of sp³-hybridized carbons (Fsp3) is 0.537. The van der Waals surface area contributed by atoms with Gasteiger partial charge in [-0.1, -0.05) is 73.6 Å². The summed E-state index contributed by atoms with van der Waals surface area (Å²) in [7, 11) is -3.28. The number of ether oxygens (including phenoxy) is 1. The average molecular weight is 783 g/mol. The molecule has 2 aromatic rings. The molecule has 54 heavy (non-hydrogen) atoms. The van der Waals surface area contributed by atoms with E-state index in [0.29, 0.717) is 78.0 Å². The lowest BCUT2D eigenvalue weighted by molar-refractivity contribution is -0.146. The van der Waals surface area contributed by atoms with Crippen molar-refractivity contribution in [2.75, 3.05) is 73.1 Å². The van der Waals surface area contributed by atoms with E-state index in [0.717, 1.165) is 28.7 Å². The molecule has 0 saturated carbocycles. The molecular formula is C41H58N4O7S2. The topological polar surface area (TPSA) is 128 Å². The first-order valence-electron chi connectivity index (χ1n) is 19.3. The summed E-state index contributed by atoms with van der Waals surface area (Å²) in [5.41, 5.74) is 3.70. The average Bonchev–Trinajstić information content (AvgIpc) is 3.15. The van der Waals surface area contributed by atoms with Gasteiger partial charge >= 0.3 is 5.97 Å². The van der Waals surface area contributed by atoms with E-state index in [9.17, 15) is 26.7 Å². The van der Waals surface area contributed by atoms with Crippen molar-refractivity contribution in [1.29, 1.82) is 0 Å². The van der Waals surface area contributed by atoms with Crippen LogP contribution in [0.5, 0.6) is 0 Å². The zero-order chi connectivity index (χ0) is 38.9. The van der Waals surface area contributed by atoms with E-state index in [-0.39, 0.29) is 34.7 Å². The molecule has 2 aromatic carbocycles. The monoisotopic (exact) mass is 782 g/mol. The highest BCUT2D eigenvalue weighted by Crippen LogP contribution is 2.31. The van der Waals surface area contributed by atoms with Crippen molar-refractivity contribution in [2.24, 2.45) is 11.8 Å². The minimum absolute atomic E-state index is 0.0559. The highest BCUT2D eigenvalue weighted by Gasteiger charge is 2.29. The van der Waals surface area contributed by atoms with Gasteiger partial charge in [0.1, 0.15) is 6.61 Å². The third-order valence-electron chi connectivity index (χ3n) is 10.9. The van der Waals surface area contributed by atoms with Gasteiger partial charge in [-0.05, 0) is 87.5 Å². The summed E-state index contributed by atoms with van der Waals surface area (Å²) in [6, 6.07) is 14.1. The van der Waals surface area contributed by atoms with E-state index < -0.39 is 32.1 Å². The van der Waals surface area contributed by atoms with Crippen LogP contribution in [0, 0.1) is 11.8 Å². The Morgan fingerprint density at radius 2 is 1.26 bits per heavy atom. The molecule has 2 fully saturated rings. The third kappa shape index (κ3) is 11.0. The second-order valence-corrected chi connectivity index (χ2v) is 18.7. The Labute approximate surface area is 323 Å². The molecule has 296 valence electrons. The summed E-state index contributed by atoms with van der Waals surface area (Å²) >= 11 is 0. The van der Waals surface area contributed by atoms with Gasteiger partial charge in [0.25, 0.3) is 0 Å². The van der Waals surface area contributed by atoms with Crippen LogP contribution < -0.4 is 0 Å². The van der Waals surface area contributed by atoms with Gasteiger partial charge in [0.05, 0.1) is 22.3 Å². The molecule has 0 aliphatic carbocycles. The Morgan fingerprint density at radius 1 is 0.759 bits per heavy atom. The number of piperazine rings is 2. The molecule has 3 atom stereocenters. The summed E-state index contributed by atoms with van der Waals surface area (Å²) in [5.74, 6) is -0.654. The van der Waals surface area contributed by atoms with E-state index in [1.165, 1.54) is 0 Å². The van der Waals surface area contributed by atoms with E-state index in [2.05, 4.69) is 35.0 Å². The minimum Gasteiger partial charge on any atom is -0.465 e. The maximum Gasteiger partial charge on any atom is 0.308 e. The van der Waals surface area contributed by atoms with Crippen LogP contribution in [-0.4, -0.2) is 125 Å². The van der Waals surface area contributed by atoms with Crippen molar-refractivity contribution in [3.63, 3.8) is 0 Å². The van der Waals surface area contributed by atoms with Crippen LogP contribution in [-0.2, 0) is 29.6 Å². The number of benzene rings is 2. The van der Waals surface area contributed by atoms with Crippen LogP contribution in [0.2, 0.25) is 0 Å². The van der Waals surface area contributed by atoms with Gasteiger partial charge in [0.2, 0.25) is 20.0 Å². The van der Waals surface area contributed by atoms with Crippen molar-refractivity contribution in [3.05, 3.63) is 83.0 Å². The molecule has 2 saturated heterocycles. The Bertz CT molecular complexity index is 1890. The van der Waals surface area contributed by atoms with Crippen molar-refractivity contribution >= 4 is 38.2 Å². The van der Waals surface area contributed by atoms with Crippen LogP contribution in [0.25, 0.3) is 12.2 Å². The van der Waals surface area contributed by atoms with Gasteiger partial charge in [-0.25, -0.2) is 16.8 Å². The van der Waals surface area contributed by atoms with E-state index >= 15 is 0 Å². The Hall–Kier alpha value is -3.17.